The quantitative estimate of drug-likeness (QED) is 0.287. The first kappa shape index (κ1) is 29.0. The highest BCUT2D eigenvalue weighted by atomic mass is 19.2. The number of amides is 2. The summed E-state index contributed by atoms with van der Waals surface area (Å²) in [6.45, 7) is 3.76. The molecule has 1 aliphatic carbocycles. The Bertz CT molecular complexity index is 1770. The maximum absolute atomic E-state index is 14.2. The second-order valence-corrected chi connectivity index (χ2v) is 12.0. The first-order chi connectivity index (χ1) is 21.8. The Kier molecular flexibility index (Phi) is 7.52. The lowest BCUT2D eigenvalue weighted by atomic mass is 9.61. The van der Waals surface area contributed by atoms with Gasteiger partial charge >= 0.3 is 0 Å². The number of para-hydroxylation sites is 1. The van der Waals surface area contributed by atoms with Crippen molar-refractivity contribution < 1.29 is 27.9 Å². The molecular weight excluding hydrogens is 582 g/mol. The van der Waals surface area contributed by atoms with E-state index in [4.69, 9.17) is 9.47 Å². The topological polar surface area (TPSA) is 110 Å². The van der Waals surface area contributed by atoms with E-state index in [1.54, 1.807) is 53.6 Å². The van der Waals surface area contributed by atoms with Crippen molar-refractivity contribution >= 4 is 22.7 Å². The van der Waals surface area contributed by atoms with Crippen molar-refractivity contribution in [3.05, 3.63) is 78.0 Å². The second kappa shape index (κ2) is 11.7. The first-order valence-electron chi connectivity index (χ1n) is 15.1. The number of carbonyl (C=O) groups is 2. The molecule has 1 unspecified atom stereocenters. The van der Waals surface area contributed by atoms with Crippen LogP contribution in [0.1, 0.15) is 47.2 Å². The third-order valence-electron chi connectivity index (χ3n) is 8.72. The fourth-order valence-electron chi connectivity index (χ4n) is 6.51. The number of aromatic nitrogens is 3. The van der Waals surface area contributed by atoms with Gasteiger partial charge in [-0.3, -0.25) is 9.59 Å². The van der Waals surface area contributed by atoms with Gasteiger partial charge < -0.3 is 19.7 Å². The zero-order chi connectivity index (χ0) is 31.1. The zero-order valence-corrected chi connectivity index (χ0v) is 24.7. The Balaban J connectivity index is 1.04. The summed E-state index contributed by atoms with van der Waals surface area (Å²) in [6, 6.07) is 14.8. The fourth-order valence-corrected chi connectivity index (χ4v) is 6.51. The van der Waals surface area contributed by atoms with Gasteiger partial charge in [-0.15, -0.1) is 9.60 Å². The summed E-state index contributed by atoms with van der Waals surface area (Å²) in [5.41, 5.74) is 1.58. The third-order valence-corrected chi connectivity index (χ3v) is 8.72. The SMILES string of the molecule is CCOc1ncccc1-c1ccc(OC2CC3(C2)CN(C(=O)c2ccc4cccc(F)c4n2)C3)c(C(=O)NC2CCN(F)C2)n1. The minimum atomic E-state index is -0.459. The van der Waals surface area contributed by atoms with Gasteiger partial charge in [0.15, 0.2) is 11.4 Å². The van der Waals surface area contributed by atoms with E-state index in [0.29, 0.717) is 72.4 Å². The monoisotopic (exact) mass is 614 g/mol. The molecule has 3 aliphatic rings. The molecule has 1 N–H and O–H groups in total. The standard InChI is InChI=1S/C33H32F2N6O4/c1-2-44-31-23(6-4-13-36-31)25-10-11-27(29(38-25)30(42)37-21-12-14-41(35)17-21)45-22-15-33(16-22)18-40(19-33)32(43)26-9-8-20-5-3-7-24(34)28(20)39-26/h3-11,13,21-22H,2,12,14-19H2,1H3,(H,37,42). The average Bonchev–Trinajstić information content (AvgIpc) is 3.42. The van der Waals surface area contributed by atoms with Gasteiger partial charge in [0, 0.05) is 49.2 Å². The molecule has 1 aromatic carbocycles. The summed E-state index contributed by atoms with van der Waals surface area (Å²) in [6.07, 6.45) is 3.37. The molecule has 3 aromatic heterocycles. The molecule has 1 spiro atoms. The number of carbonyl (C=O) groups excluding carboxylic acids is 2. The number of nitrogens with one attached hydrogen (secondary N) is 1. The lowest BCUT2D eigenvalue weighted by molar-refractivity contribution is -0.103. The second-order valence-electron chi connectivity index (χ2n) is 12.0. The van der Waals surface area contributed by atoms with E-state index >= 15 is 0 Å². The Labute approximate surface area is 258 Å². The number of nitrogens with zero attached hydrogens (tertiary/aromatic N) is 5. The van der Waals surface area contributed by atoms with Crippen molar-refractivity contribution in [3.8, 4) is 22.9 Å². The highest BCUT2D eigenvalue weighted by Gasteiger charge is 2.55. The van der Waals surface area contributed by atoms with Crippen LogP contribution in [-0.4, -0.2) is 81.7 Å². The maximum Gasteiger partial charge on any atom is 0.274 e. The van der Waals surface area contributed by atoms with Crippen molar-refractivity contribution in [2.45, 2.75) is 38.3 Å². The Hall–Kier alpha value is -4.71. The largest absolute Gasteiger partial charge is 0.488 e. The van der Waals surface area contributed by atoms with Crippen molar-refractivity contribution in [2.24, 2.45) is 5.41 Å². The molecular formula is C33H32F2N6O4. The lowest BCUT2D eigenvalue weighted by Gasteiger charge is -2.58. The number of hydrogen-bond donors (Lipinski definition) is 1. The van der Waals surface area contributed by atoms with Gasteiger partial charge in [0.2, 0.25) is 5.88 Å². The van der Waals surface area contributed by atoms with Crippen LogP contribution in [-0.2, 0) is 0 Å². The molecule has 4 aromatic rings. The Morgan fingerprint density at radius 1 is 1.07 bits per heavy atom. The van der Waals surface area contributed by atoms with E-state index in [1.807, 2.05) is 13.0 Å². The van der Waals surface area contributed by atoms with Crippen LogP contribution in [0.25, 0.3) is 22.2 Å². The first-order valence-corrected chi connectivity index (χ1v) is 15.1. The summed E-state index contributed by atoms with van der Waals surface area (Å²) >= 11 is 0. The van der Waals surface area contributed by atoms with Crippen LogP contribution in [0.4, 0.5) is 8.87 Å². The molecule has 2 aliphatic heterocycles. The molecule has 12 heteroatoms. The summed E-state index contributed by atoms with van der Waals surface area (Å²) in [7, 11) is 0. The van der Waals surface area contributed by atoms with E-state index < -0.39 is 11.7 Å². The molecule has 3 fully saturated rings. The molecule has 7 rings (SSSR count). The molecule has 232 valence electrons. The maximum atomic E-state index is 14.2. The van der Waals surface area contributed by atoms with Crippen LogP contribution < -0.4 is 14.8 Å². The van der Waals surface area contributed by atoms with E-state index in [9.17, 15) is 18.5 Å². The van der Waals surface area contributed by atoms with Crippen LogP contribution in [0.3, 0.4) is 0 Å². The molecule has 45 heavy (non-hydrogen) atoms. The van der Waals surface area contributed by atoms with Gasteiger partial charge in [-0.1, -0.05) is 18.2 Å². The van der Waals surface area contributed by atoms with Crippen LogP contribution in [0.15, 0.2) is 60.8 Å². The highest BCUT2D eigenvalue weighted by molar-refractivity contribution is 5.96. The Morgan fingerprint density at radius 3 is 2.69 bits per heavy atom. The molecule has 0 radical (unpaired) electrons. The Morgan fingerprint density at radius 2 is 1.91 bits per heavy atom. The van der Waals surface area contributed by atoms with Crippen molar-refractivity contribution in [3.63, 3.8) is 0 Å². The third kappa shape index (κ3) is 5.66. The van der Waals surface area contributed by atoms with Crippen molar-refractivity contribution in [1.29, 1.82) is 0 Å². The highest BCUT2D eigenvalue weighted by Crippen LogP contribution is 2.50. The van der Waals surface area contributed by atoms with E-state index in [2.05, 4.69) is 20.3 Å². The van der Waals surface area contributed by atoms with Crippen molar-refractivity contribution in [2.75, 3.05) is 32.8 Å². The number of pyridine rings is 3. The molecule has 2 saturated heterocycles. The molecule has 2 amide bonds. The van der Waals surface area contributed by atoms with E-state index in [0.717, 1.165) is 0 Å². The van der Waals surface area contributed by atoms with Gasteiger partial charge in [0.05, 0.1) is 17.9 Å². The summed E-state index contributed by atoms with van der Waals surface area (Å²) in [5.74, 6) is -0.384. The molecule has 0 bridgehead atoms. The van der Waals surface area contributed by atoms with Crippen LogP contribution >= 0.6 is 0 Å². The number of rotatable bonds is 8. The minimum Gasteiger partial charge on any atom is -0.488 e. The van der Waals surface area contributed by atoms with E-state index in [-0.39, 0.29) is 53.5 Å². The molecule has 1 atom stereocenters. The van der Waals surface area contributed by atoms with E-state index in [1.165, 1.54) is 6.07 Å². The fraction of sp³-hybridized carbons (Fsp3) is 0.364. The normalized spacial score (nSPS) is 19.3. The summed E-state index contributed by atoms with van der Waals surface area (Å²) in [5, 5.41) is 4.23. The minimum absolute atomic E-state index is 0.0747. The summed E-state index contributed by atoms with van der Waals surface area (Å²) < 4.78 is 39.9. The number of hydrogen-bond acceptors (Lipinski definition) is 8. The van der Waals surface area contributed by atoms with Crippen LogP contribution in [0, 0.1) is 11.2 Å². The van der Waals surface area contributed by atoms with Gasteiger partial charge in [-0.25, -0.2) is 19.3 Å². The van der Waals surface area contributed by atoms with Gasteiger partial charge in [-0.2, -0.15) is 0 Å². The van der Waals surface area contributed by atoms with Gasteiger partial charge in [0.25, 0.3) is 11.8 Å². The smallest absolute Gasteiger partial charge is 0.274 e. The average molecular weight is 615 g/mol. The number of benzene rings is 1. The predicted molar refractivity (Wildman–Crippen MR) is 161 cm³/mol. The van der Waals surface area contributed by atoms with Gasteiger partial charge in [-0.05, 0) is 62.6 Å². The van der Waals surface area contributed by atoms with Crippen molar-refractivity contribution in [1.82, 2.24) is 30.3 Å². The number of halogens is 2. The van der Waals surface area contributed by atoms with Crippen LogP contribution in [0.5, 0.6) is 11.6 Å². The summed E-state index contributed by atoms with van der Waals surface area (Å²) in [4.78, 5) is 41.5. The van der Waals surface area contributed by atoms with Gasteiger partial charge in [0.1, 0.15) is 23.1 Å². The number of ether oxygens (including phenoxy) is 2. The molecule has 5 heterocycles. The lowest BCUT2D eigenvalue weighted by Crippen LogP contribution is -2.65. The van der Waals surface area contributed by atoms with Crippen LogP contribution in [0.2, 0.25) is 0 Å². The molecule has 10 nitrogen and oxygen atoms in total. The zero-order valence-electron chi connectivity index (χ0n) is 24.7. The number of likely N-dealkylation sites (tertiary alicyclic amines) is 1. The number of fused-ring (bicyclic) bond motifs is 1. The molecule has 1 saturated carbocycles. The predicted octanol–water partition coefficient (Wildman–Crippen LogP) is 4.60.